The first-order chi connectivity index (χ1) is 10.3. The summed E-state index contributed by atoms with van der Waals surface area (Å²) in [5.74, 6) is 0.175. The van der Waals surface area contributed by atoms with E-state index in [1.54, 1.807) is 23.5 Å². The fourth-order valence-corrected chi connectivity index (χ4v) is 3.20. The van der Waals surface area contributed by atoms with Crippen molar-refractivity contribution in [2.75, 3.05) is 32.8 Å². The number of morpholine rings is 1. The lowest BCUT2D eigenvalue weighted by Gasteiger charge is -2.34. The third-order valence-electron chi connectivity index (χ3n) is 3.62. The first-order valence-electron chi connectivity index (χ1n) is 7.00. The summed E-state index contributed by atoms with van der Waals surface area (Å²) in [6, 6.07) is 5.68. The van der Waals surface area contributed by atoms with Gasteiger partial charge in [-0.05, 0) is 34.5 Å². The molecule has 1 amide bonds. The van der Waals surface area contributed by atoms with Gasteiger partial charge >= 0.3 is 0 Å². The zero-order valence-corrected chi connectivity index (χ0v) is 12.5. The maximum Gasteiger partial charge on any atom is 0.287 e. The molecule has 1 aliphatic rings. The smallest absolute Gasteiger partial charge is 0.287 e. The Bertz CT molecular complexity index is 548. The second kappa shape index (κ2) is 6.89. The summed E-state index contributed by atoms with van der Waals surface area (Å²) in [6.07, 6.45) is 1.51. The molecule has 6 heteroatoms. The van der Waals surface area contributed by atoms with Gasteiger partial charge in [-0.25, -0.2) is 0 Å². The van der Waals surface area contributed by atoms with E-state index in [2.05, 4.69) is 27.0 Å². The van der Waals surface area contributed by atoms with Crippen LogP contribution < -0.4 is 5.32 Å². The molecule has 3 rings (SSSR count). The quantitative estimate of drug-likeness (QED) is 0.919. The van der Waals surface area contributed by atoms with Crippen molar-refractivity contribution in [3.8, 4) is 0 Å². The Morgan fingerprint density at radius 1 is 1.38 bits per heavy atom. The Balaban J connectivity index is 1.66. The van der Waals surface area contributed by atoms with Crippen molar-refractivity contribution in [3.63, 3.8) is 0 Å². The van der Waals surface area contributed by atoms with Gasteiger partial charge in [0.1, 0.15) is 0 Å². The molecule has 0 radical (unpaired) electrons. The highest BCUT2D eigenvalue weighted by Gasteiger charge is 2.23. The first-order valence-corrected chi connectivity index (χ1v) is 7.94. The average Bonchev–Trinajstić information content (AvgIpc) is 3.22. The number of amides is 1. The molecule has 0 aromatic carbocycles. The Morgan fingerprint density at radius 2 is 2.24 bits per heavy atom. The van der Waals surface area contributed by atoms with Gasteiger partial charge in [-0.1, -0.05) is 0 Å². The van der Waals surface area contributed by atoms with Crippen LogP contribution in [0.3, 0.4) is 0 Å². The van der Waals surface area contributed by atoms with Gasteiger partial charge in [0.05, 0.1) is 25.5 Å². The molecule has 3 heterocycles. The number of hydrogen-bond acceptors (Lipinski definition) is 5. The number of rotatable bonds is 5. The van der Waals surface area contributed by atoms with Crippen molar-refractivity contribution < 1.29 is 13.9 Å². The highest BCUT2D eigenvalue weighted by atomic mass is 32.1. The monoisotopic (exact) mass is 306 g/mol. The van der Waals surface area contributed by atoms with Crippen molar-refractivity contribution in [1.82, 2.24) is 10.2 Å². The number of hydrogen-bond donors (Lipinski definition) is 1. The number of nitrogens with zero attached hydrogens (tertiary/aromatic N) is 1. The molecule has 0 saturated carbocycles. The lowest BCUT2D eigenvalue weighted by molar-refractivity contribution is 0.0162. The first kappa shape index (κ1) is 14.3. The Morgan fingerprint density at radius 3 is 2.90 bits per heavy atom. The molecule has 5 nitrogen and oxygen atoms in total. The normalized spacial score (nSPS) is 17.5. The van der Waals surface area contributed by atoms with E-state index in [-0.39, 0.29) is 11.9 Å². The van der Waals surface area contributed by atoms with Gasteiger partial charge in [0.2, 0.25) is 0 Å². The van der Waals surface area contributed by atoms with E-state index in [0.29, 0.717) is 12.3 Å². The molecule has 112 valence electrons. The Kier molecular flexibility index (Phi) is 4.69. The molecule has 1 aliphatic heterocycles. The molecular weight excluding hydrogens is 288 g/mol. The van der Waals surface area contributed by atoms with Crippen LogP contribution in [0, 0.1) is 0 Å². The highest BCUT2D eigenvalue weighted by molar-refractivity contribution is 7.07. The summed E-state index contributed by atoms with van der Waals surface area (Å²) in [5, 5.41) is 7.16. The van der Waals surface area contributed by atoms with E-state index < -0.39 is 0 Å². The predicted octanol–water partition coefficient (Wildman–Crippen LogP) is 2.14. The maximum atomic E-state index is 12.0. The van der Waals surface area contributed by atoms with Crippen LogP contribution in [0.25, 0.3) is 0 Å². The molecule has 1 fully saturated rings. The zero-order valence-electron chi connectivity index (χ0n) is 11.7. The third-order valence-corrected chi connectivity index (χ3v) is 4.32. The van der Waals surface area contributed by atoms with Gasteiger partial charge in [0, 0.05) is 19.6 Å². The van der Waals surface area contributed by atoms with E-state index in [0.717, 1.165) is 26.3 Å². The van der Waals surface area contributed by atoms with Gasteiger partial charge in [0.25, 0.3) is 5.91 Å². The molecule has 2 aromatic rings. The number of carbonyl (C=O) groups is 1. The molecule has 2 aromatic heterocycles. The third kappa shape index (κ3) is 3.53. The van der Waals surface area contributed by atoms with Crippen molar-refractivity contribution in [2.24, 2.45) is 0 Å². The summed E-state index contributed by atoms with van der Waals surface area (Å²) in [5.41, 5.74) is 1.24. The Hall–Kier alpha value is -1.63. The van der Waals surface area contributed by atoms with Crippen molar-refractivity contribution >= 4 is 17.2 Å². The zero-order chi connectivity index (χ0) is 14.5. The second-order valence-corrected chi connectivity index (χ2v) is 5.69. The van der Waals surface area contributed by atoms with Crippen LogP contribution >= 0.6 is 11.3 Å². The highest BCUT2D eigenvalue weighted by Crippen LogP contribution is 2.23. The van der Waals surface area contributed by atoms with E-state index in [1.807, 2.05) is 0 Å². The minimum Gasteiger partial charge on any atom is -0.459 e. The molecular formula is C15H18N2O3S. The standard InChI is InChI=1S/C15H18N2O3S/c18-15(14-2-1-6-20-14)16-10-13(12-3-9-21-11-12)17-4-7-19-8-5-17/h1-3,6,9,11,13H,4-5,7-8,10H2,(H,16,18)/t13-/m1/s1. The number of thiophene rings is 1. The van der Waals surface area contributed by atoms with Crippen molar-refractivity contribution in [2.45, 2.75) is 6.04 Å². The molecule has 0 spiro atoms. The number of carbonyl (C=O) groups excluding carboxylic acids is 1. The molecule has 1 N–H and O–H groups in total. The van der Waals surface area contributed by atoms with Gasteiger partial charge in [-0.2, -0.15) is 11.3 Å². The van der Waals surface area contributed by atoms with Crippen LogP contribution in [0.4, 0.5) is 0 Å². The predicted molar refractivity (Wildman–Crippen MR) is 80.5 cm³/mol. The number of ether oxygens (including phenoxy) is 1. The van der Waals surface area contributed by atoms with E-state index >= 15 is 0 Å². The summed E-state index contributed by atoms with van der Waals surface area (Å²) in [6.45, 7) is 3.82. The largest absolute Gasteiger partial charge is 0.459 e. The van der Waals surface area contributed by atoms with Gasteiger partial charge in [0.15, 0.2) is 5.76 Å². The number of furan rings is 1. The van der Waals surface area contributed by atoms with Crippen LogP contribution in [0.5, 0.6) is 0 Å². The minimum atomic E-state index is -0.173. The van der Waals surface area contributed by atoms with Crippen LogP contribution in [0.15, 0.2) is 39.6 Å². The van der Waals surface area contributed by atoms with Crippen LogP contribution in [0.2, 0.25) is 0 Å². The fourth-order valence-electron chi connectivity index (χ4n) is 2.50. The van der Waals surface area contributed by atoms with Crippen molar-refractivity contribution in [1.29, 1.82) is 0 Å². The van der Waals surface area contributed by atoms with Gasteiger partial charge in [-0.3, -0.25) is 9.69 Å². The van der Waals surface area contributed by atoms with Crippen LogP contribution in [-0.4, -0.2) is 43.7 Å². The second-order valence-electron chi connectivity index (χ2n) is 4.91. The fraction of sp³-hybridized carbons (Fsp3) is 0.400. The SMILES string of the molecule is O=C(NC[C@H](c1ccsc1)N1CCOCC1)c1ccco1. The maximum absolute atomic E-state index is 12.0. The van der Waals surface area contributed by atoms with Gasteiger partial charge < -0.3 is 14.5 Å². The van der Waals surface area contributed by atoms with E-state index in [4.69, 9.17) is 9.15 Å². The summed E-state index contributed by atoms with van der Waals surface area (Å²) in [7, 11) is 0. The Labute approximate surface area is 127 Å². The average molecular weight is 306 g/mol. The molecule has 0 bridgehead atoms. The summed E-state index contributed by atoms with van der Waals surface area (Å²) >= 11 is 1.67. The number of nitrogens with one attached hydrogen (secondary N) is 1. The summed E-state index contributed by atoms with van der Waals surface area (Å²) in [4.78, 5) is 14.4. The molecule has 21 heavy (non-hydrogen) atoms. The van der Waals surface area contributed by atoms with Crippen molar-refractivity contribution in [3.05, 3.63) is 46.5 Å². The molecule has 0 unspecified atom stereocenters. The lowest BCUT2D eigenvalue weighted by atomic mass is 10.1. The molecule has 0 aliphatic carbocycles. The van der Waals surface area contributed by atoms with Crippen LogP contribution in [0.1, 0.15) is 22.2 Å². The van der Waals surface area contributed by atoms with Gasteiger partial charge in [-0.15, -0.1) is 0 Å². The minimum absolute atomic E-state index is 0.173. The molecule has 1 atom stereocenters. The van der Waals surface area contributed by atoms with E-state index in [9.17, 15) is 4.79 Å². The van der Waals surface area contributed by atoms with E-state index in [1.165, 1.54) is 11.8 Å². The topological polar surface area (TPSA) is 54.7 Å². The van der Waals surface area contributed by atoms with Crippen LogP contribution in [-0.2, 0) is 4.74 Å². The summed E-state index contributed by atoms with van der Waals surface area (Å²) < 4.78 is 10.5. The molecule has 1 saturated heterocycles. The lowest BCUT2D eigenvalue weighted by Crippen LogP contribution is -2.43.